The standard InChI is InChI=1S/C17H35N/c1-4-7-8-9-13-17(18)15(6-3)16-12-10-11-14(16)5-2/h14-17H,4-13,18H2,1-3H3. The molecule has 0 aromatic carbocycles. The molecule has 4 atom stereocenters. The predicted molar refractivity (Wildman–Crippen MR) is 81.6 cm³/mol. The summed E-state index contributed by atoms with van der Waals surface area (Å²) in [6.45, 7) is 6.99. The Morgan fingerprint density at radius 3 is 2.44 bits per heavy atom. The highest BCUT2D eigenvalue weighted by Gasteiger charge is 2.34. The van der Waals surface area contributed by atoms with Crippen LogP contribution in [0.2, 0.25) is 0 Å². The zero-order valence-corrected chi connectivity index (χ0v) is 13.0. The molecule has 18 heavy (non-hydrogen) atoms. The van der Waals surface area contributed by atoms with Gasteiger partial charge in [0.2, 0.25) is 0 Å². The van der Waals surface area contributed by atoms with E-state index in [1.165, 1.54) is 64.2 Å². The summed E-state index contributed by atoms with van der Waals surface area (Å²) in [5.74, 6) is 2.69. The highest BCUT2D eigenvalue weighted by atomic mass is 14.7. The van der Waals surface area contributed by atoms with Crippen LogP contribution in [0.3, 0.4) is 0 Å². The number of nitrogens with two attached hydrogens (primary N) is 1. The Hall–Kier alpha value is -0.0400. The van der Waals surface area contributed by atoms with Gasteiger partial charge in [0.05, 0.1) is 0 Å². The van der Waals surface area contributed by atoms with Crippen molar-refractivity contribution in [2.24, 2.45) is 23.5 Å². The van der Waals surface area contributed by atoms with Gasteiger partial charge in [-0.15, -0.1) is 0 Å². The van der Waals surface area contributed by atoms with Crippen LogP contribution in [0.4, 0.5) is 0 Å². The molecule has 1 aliphatic carbocycles. The van der Waals surface area contributed by atoms with Gasteiger partial charge in [0.1, 0.15) is 0 Å². The van der Waals surface area contributed by atoms with Crippen LogP contribution in [0.15, 0.2) is 0 Å². The third-order valence-electron chi connectivity index (χ3n) is 5.20. The van der Waals surface area contributed by atoms with Crippen molar-refractivity contribution < 1.29 is 0 Å². The first kappa shape index (κ1) is 16.0. The molecule has 0 aromatic heterocycles. The van der Waals surface area contributed by atoms with E-state index >= 15 is 0 Å². The zero-order valence-electron chi connectivity index (χ0n) is 13.0. The highest BCUT2D eigenvalue weighted by molar-refractivity contribution is 4.86. The fourth-order valence-corrected chi connectivity index (χ4v) is 4.08. The van der Waals surface area contributed by atoms with Gasteiger partial charge in [-0.2, -0.15) is 0 Å². The number of unbranched alkanes of at least 4 members (excludes halogenated alkanes) is 3. The third kappa shape index (κ3) is 4.57. The van der Waals surface area contributed by atoms with Crippen LogP contribution in [-0.4, -0.2) is 6.04 Å². The van der Waals surface area contributed by atoms with Gasteiger partial charge in [-0.3, -0.25) is 0 Å². The first-order valence-electron chi connectivity index (χ1n) is 8.50. The van der Waals surface area contributed by atoms with Gasteiger partial charge in [0.25, 0.3) is 0 Å². The van der Waals surface area contributed by atoms with E-state index in [0.717, 1.165) is 17.8 Å². The monoisotopic (exact) mass is 253 g/mol. The molecule has 1 aliphatic rings. The van der Waals surface area contributed by atoms with Crippen molar-refractivity contribution in [3.05, 3.63) is 0 Å². The second-order valence-electron chi connectivity index (χ2n) is 6.35. The summed E-state index contributed by atoms with van der Waals surface area (Å²) in [7, 11) is 0. The summed E-state index contributed by atoms with van der Waals surface area (Å²) >= 11 is 0. The number of hydrogen-bond donors (Lipinski definition) is 1. The summed E-state index contributed by atoms with van der Waals surface area (Å²) in [6, 6.07) is 0.462. The summed E-state index contributed by atoms with van der Waals surface area (Å²) in [4.78, 5) is 0. The maximum atomic E-state index is 6.51. The van der Waals surface area contributed by atoms with E-state index in [0.29, 0.717) is 6.04 Å². The van der Waals surface area contributed by atoms with Gasteiger partial charge in [0, 0.05) is 6.04 Å². The van der Waals surface area contributed by atoms with Gasteiger partial charge < -0.3 is 5.73 Å². The molecule has 1 nitrogen and oxygen atoms in total. The largest absolute Gasteiger partial charge is 0.327 e. The van der Waals surface area contributed by atoms with E-state index in [1.54, 1.807) is 0 Å². The zero-order chi connectivity index (χ0) is 13.4. The average Bonchev–Trinajstić information content (AvgIpc) is 2.84. The quantitative estimate of drug-likeness (QED) is 0.566. The van der Waals surface area contributed by atoms with Crippen LogP contribution < -0.4 is 5.73 Å². The minimum Gasteiger partial charge on any atom is -0.327 e. The second-order valence-corrected chi connectivity index (χ2v) is 6.35. The van der Waals surface area contributed by atoms with Crippen LogP contribution in [0, 0.1) is 17.8 Å². The minimum atomic E-state index is 0.462. The predicted octanol–water partition coefficient (Wildman–Crippen LogP) is 5.14. The maximum Gasteiger partial charge on any atom is 0.00698 e. The molecule has 0 bridgehead atoms. The third-order valence-corrected chi connectivity index (χ3v) is 5.20. The topological polar surface area (TPSA) is 26.0 Å². The van der Waals surface area contributed by atoms with E-state index in [2.05, 4.69) is 20.8 Å². The average molecular weight is 253 g/mol. The van der Waals surface area contributed by atoms with Crippen molar-refractivity contribution in [2.75, 3.05) is 0 Å². The molecule has 4 unspecified atom stereocenters. The molecule has 0 amide bonds. The lowest BCUT2D eigenvalue weighted by molar-refractivity contribution is 0.205. The van der Waals surface area contributed by atoms with Crippen molar-refractivity contribution in [3.63, 3.8) is 0 Å². The van der Waals surface area contributed by atoms with Crippen molar-refractivity contribution in [3.8, 4) is 0 Å². The molecule has 0 aromatic rings. The molecule has 1 rings (SSSR count). The Morgan fingerprint density at radius 1 is 1.06 bits per heavy atom. The lowest BCUT2D eigenvalue weighted by Gasteiger charge is -2.32. The molecular weight excluding hydrogens is 218 g/mol. The van der Waals surface area contributed by atoms with Crippen LogP contribution in [-0.2, 0) is 0 Å². The SMILES string of the molecule is CCCCCCC(N)C(CC)C1CCCC1CC. The Balaban J connectivity index is 2.38. The van der Waals surface area contributed by atoms with Gasteiger partial charge in [0.15, 0.2) is 0 Å². The molecule has 0 spiro atoms. The molecule has 1 saturated carbocycles. The van der Waals surface area contributed by atoms with E-state index in [9.17, 15) is 0 Å². The normalized spacial score (nSPS) is 27.3. The van der Waals surface area contributed by atoms with Gasteiger partial charge in [-0.1, -0.05) is 72.1 Å². The van der Waals surface area contributed by atoms with Gasteiger partial charge >= 0.3 is 0 Å². The number of rotatable bonds is 9. The minimum absolute atomic E-state index is 0.462. The van der Waals surface area contributed by atoms with Crippen LogP contribution in [0.25, 0.3) is 0 Å². The fraction of sp³-hybridized carbons (Fsp3) is 1.00. The van der Waals surface area contributed by atoms with E-state index in [-0.39, 0.29) is 0 Å². The number of hydrogen-bond acceptors (Lipinski definition) is 1. The van der Waals surface area contributed by atoms with E-state index < -0.39 is 0 Å². The van der Waals surface area contributed by atoms with Crippen molar-refractivity contribution in [2.45, 2.75) is 91.0 Å². The van der Waals surface area contributed by atoms with Crippen molar-refractivity contribution in [1.82, 2.24) is 0 Å². The van der Waals surface area contributed by atoms with Gasteiger partial charge in [-0.25, -0.2) is 0 Å². The van der Waals surface area contributed by atoms with Crippen molar-refractivity contribution >= 4 is 0 Å². The van der Waals surface area contributed by atoms with E-state index in [4.69, 9.17) is 5.73 Å². The Morgan fingerprint density at radius 2 is 1.83 bits per heavy atom. The molecule has 1 heteroatoms. The molecule has 1 fully saturated rings. The molecule has 0 radical (unpaired) electrons. The fourth-order valence-electron chi connectivity index (χ4n) is 4.08. The lowest BCUT2D eigenvalue weighted by atomic mass is 9.76. The Kier molecular flexibility index (Phi) is 7.97. The molecule has 0 saturated heterocycles. The molecule has 108 valence electrons. The van der Waals surface area contributed by atoms with Crippen LogP contribution >= 0.6 is 0 Å². The Labute approximate surface area is 115 Å². The first-order valence-corrected chi connectivity index (χ1v) is 8.50. The maximum absolute atomic E-state index is 6.51. The Bertz CT molecular complexity index is 202. The molecule has 0 aliphatic heterocycles. The summed E-state index contributed by atoms with van der Waals surface area (Å²) < 4.78 is 0. The summed E-state index contributed by atoms with van der Waals surface area (Å²) in [5, 5.41) is 0. The smallest absolute Gasteiger partial charge is 0.00698 e. The highest BCUT2D eigenvalue weighted by Crippen LogP contribution is 2.41. The summed E-state index contributed by atoms with van der Waals surface area (Å²) in [6.07, 6.45) is 13.7. The second kappa shape index (κ2) is 8.96. The summed E-state index contributed by atoms with van der Waals surface area (Å²) in [5.41, 5.74) is 6.51. The van der Waals surface area contributed by atoms with E-state index in [1.807, 2.05) is 0 Å². The molecule has 0 heterocycles. The van der Waals surface area contributed by atoms with Gasteiger partial charge in [-0.05, 0) is 30.6 Å². The molecule has 2 N–H and O–H groups in total. The van der Waals surface area contributed by atoms with Crippen LogP contribution in [0.5, 0.6) is 0 Å². The van der Waals surface area contributed by atoms with Crippen molar-refractivity contribution in [1.29, 1.82) is 0 Å². The molecular formula is C17H35N. The first-order chi connectivity index (χ1) is 8.74. The lowest BCUT2D eigenvalue weighted by Crippen LogP contribution is -2.36. The van der Waals surface area contributed by atoms with Crippen LogP contribution in [0.1, 0.15) is 85.0 Å².